The van der Waals surface area contributed by atoms with Gasteiger partial charge in [0.1, 0.15) is 171 Å². The van der Waals surface area contributed by atoms with Gasteiger partial charge in [0.05, 0.1) is 151 Å². The molecule has 6 fully saturated rings. The van der Waals surface area contributed by atoms with Crippen LogP contribution in [0.3, 0.4) is 0 Å². The summed E-state index contributed by atoms with van der Waals surface area (Å²) in [4.78, 5) is 87.1. The van der Waals surface area contributed by atoms with Crippen molar-refractivity contribution < 1.29 is 235 Å². The highest BCUT2D eigenvalue weighted by Crippen LogP contribution is 2.37. The lowest BCUT2D eigenvalue weighted by molar-refractivity contribution is -0.376. The molecule has 0 radical (unpaired) electrons. The van der Waals surface area contributed by atoms with E-state index in [2.05, 4.69) is 21.3 Å². The van der Waals surface area contributed by atoms with Gasteiger partial charge >= 0.3 is 5.97 Å². The van der Waals surface area contributed by atoms with Gasteiger partial charge in [0, 0.05) is 65.8 Å². The van der Waals surface area contributed by atoms with Crippen molar-refractivity contribution in [2.75, 3.05) is 185 Å². The number of carbonyl (C=O) groups excluding carboxylic acids is 6. The van der Waals surface area contributed by atoms with Crippen LogP contribution in [0.4, 0.5) is 0 Å². The number of hydrogen-bond donors (Lipinski definition) is 23. The Kier molecular flexibility index (Phi) is 53.1. The minimum absolute atomic E-state index is 0.0244. The number of Topliss-reactive ketones (excluding diaryl/α,β-unsaturated/α-hetero) is 2. The van der Waals surface area contributed by atoms with Crippen LogP contribution in [0.5, 0.6) is 11.5 Å². The molecule has 794 valence electrons. The maximum Gasteiger partial charge on any atom is 0.335 e. The van der Waals surface area contributed by atoms with Crippen molar-refractivity contribution in [2.24, 2.45) is 0 Å². The molecule has 0 aliphatic carbocycles. The predicted octanol–water partition coefficient (Wildman–Crippen LogP) is -10.3. The second-order valence-electron chi connectivity index (χ2n) is 33.1. The molecule has 6 aliphatic heterocycles. The average Bonchev–Trinajstić information content (AvgIpc) is 0.764. The van der Waals surface area contributed by atoms with Gasteiger partial charge in [-0.15, -0.1) is 0 Å². The summed E-state index contributed by atoms with van der Waals surface area (Å²) in [6.07, 6.45) is -46.1. The average molecular weight is 2010 g/mol. The zero-order chi connectivity index (χ0) is 101. The largest absolute Gasteiger partial charge is 0.486 e. The molecule has 52 heteroatoms. The molecule has 8 rings (SSSR count). The van der Waals surface area contributed by atoms with E-state index >= 15 is 0 Å². The van der Waals surface area contributed by atoms with Crippen LogP contribution in [-0.4, -0.2) is 507 Å². The lowest BCUT2D eigenvalue weighted by Crippen LogP contribution is -2.68. The van der Waals surface area contributed by atoms with Crippen molar-refractivity contribution in [3.05, 3.63) is 48.0 Å². The zero-order valence-electron chi connectivity index (χ0n) is 77.2. The molecule has 6 aliphatic rings. The van der Waals surface area contributed by atoms with Crippen molar-refractivity contribution in [3.63, 3.8) is 0 Å². The van der Waals surface area contributed by atoms with Gasteiger partial charge < -0.3 is 223 Å². The Morgan fingerprint density at radius 1 is 0.309 bits per heavy atom. The van der Waals surface area contributed by atoms with E-state index in [9.17, 15) is 131 Å². The first-order valence-electron chi connectivity index (χ1n) is 45.9. The van der Waals surface area contributed by atoms with Crippen molar-refractivity contribution >= 4 is 41.2 Å². The number of amides is 4. The first-order chi connectivity index (χ1) is 66.8. The number of carbonyl (C=O) groups is 7. The summed E-state index contributed by atoms with van der Waals surface area (Å²) in [7, 11) is 0. The molecule has 0 saturated carbocycles. The van der Waals surface area contributed by atoms with Gasteiger partial charge in [-0.3, -0.25) is 28.8 Å². The molecule has 2 aromatic carbocycles. The third-order valence-electron chi connectivity index (χ3n) is 22.6. The van der Waals surface area contributed by atoms with Crippen molar-refractivity contribution in [1.82, 2.24) is 21.3 Å². The highest BCUT2D eigenvalue weighted by molar-refractivity contribution is 5.90. The number of nitrogens with one attached hydrogen (secondary N) is 4. The molecule has 0 spiro atoms. The topological polar surface area (TPSA) is 755 Å². The van der Waals surface area contributed by atoms with E-state index in [4.69, 9.17) is 104 Å². The number of hydrogen-bond acceptors (Lipinski definition) is 47. The summed E-state index contributed by atoms with van der Waals surface area (Å²) in [6.45, 7) is 0.705. The maximum atomic E-state index is 12.8. The highest BCUT2D eigenvalue weighted by Gasteiger charge is 2.57. The summed E-state index contributed by atoms with van der Waals surface area (Å²) in [5.74, 6) is -2.94. The Bertz CT molecular complexity index is 3870. The molecule has 4 amide bonds. The minimum Gasteiger partial charge on any atom is -0.486 e. The van der Waals surface area contributed by atoms with Gasteiger partial charge in [-0.2, -0.15) is 0 Å². The fraction of sp³-hybridized carbons (Fsp3) is 0.782. The van der Waals surface area contributed by atoms with Crippen LogP contribution in [0.1, 0.15) is 75.6 Å². The summed E-state index contributed by atoms with van der Waals surface area (Å²) >= 11 is 0. The summed E-state index contributed by atoms with van der Waals surface area (Å²) in [5.41, 5.74) is 1.05. The standard InChI is InChI=1S/C87H138N4O48/c1-46(98)90-63-69(108)77(136-86-75(114)79(67(106)57(40-94)132-86)138-84-73(112)71(110)65(104)55(38-92)130-84)59(42-96)134-82(63)126-19-5-15-88-61(102)13-21-120-25-29-124-33-31-122-27-23-118-17-3-7-51(100)44-128-53-11-9-48(10-12-53)49-35-50(81(116)117)37-54(36-49)129-45-52(101)8-4-18-119-24-28-123-32-34-125-30-26-121-22-14-62(103)89-16-6-20-127-83-64(91-47(2)99)70(109)78(60(43-97)135-83)137-87-76(115)80(68(107)58(41-95)133-87)139-85-74(113)72(111)66(105)56(39-93)131-85/h9-12,35-37,55-60,63-80,82-87,92-97,104-115H,3-8,13-34,38-45H2,1-2H3,(H,88,102)(H,89,103)(H,90,98)(H,91,99)(H,116,117)/t55?,56?,57?,58?,59?,60?,63?,64?,65-,66-,67-,68-,69+,70+,71-,72-,73?,74?,75?,76?,77+,78+,79-,80-,82+,83+,84+,85+,86-,87-/m0/s1. The molecule has 0 bridgehead atoms. The van der Waals surface area contributed by atoms with Gasteiger partial charge in [0.2, 0.25) is 23.6 Å². The third-order valence-corrected chi connectivity index (χ3v) is 22.6. The number of ether oxygens (including phenoxy) is 22. The number of carboxylic acid groups (broad SMARTS) is 1. The van der Waals surface area contributed by atoms with Crippen LogP contribution in [0, 0.1) is 0 Å². The van der Waals surface area contributed by atoms with Crippen LogP contribution in [-0.2, 0) is 124 Å². The Labute approximate surface area is 799 Å². The first kappa shape index (κ1) is 117. The number of ketones is 2. The molecule has 12 unspecified atom stereocenters. The summed E-state index contributed by atoms with van der Waals surface area (Å²) in [5, 5.41) is 210. The molecule has 23 N–H and O–H groups in total. The molecule has 0 aromatic heterocycles. The van der Waals surface area contributed by atoms with Crippen LogP contribution in [0.15, 0.2) is 42.5 Å². The summed E-state index contributed by atoms with van der Waals surface area (Å²) < 4.78 is 124. The van der Waals surface area contributed by atoms with Gasteiger partial charge in [0.15, 0.2) is 49.3 Å². The zero-order valence-corrected chi connectivity index (χ0v) is 77.2. The molecular formula is C87H138N4O48. The molecule has 6 saturated heterocycles. The number of carboxylic acids is 1. The maximum absolute atomic E-state index is 12.8. The van der Waals surface area contributed by atoms with E-state index in [1.165, 1.54) is 12.1 Å². The monoisotopic (exact) mass is 2010 g/mol. The van der Waals surface area contributed by atoms with E-state index in [0.29, 0.717) is 36.3 Å². The van der Waals surface area contributed by atoms with Gasteiger partial charge in [-0.05, 0) is 67.1 Å². The number of aromatic carboxylic acids is 1. The summed E-state index contributed by atoms with van der Waals surface area (Å²) in [6, 6.07) is 8.36. The van der Waals surface area contributed by atoms with Crippen molar-refractivity contribution in [2.45, 2.75) is 249 Å². The number of aliphatic hydroxyl groups is 18. The smallest absolute Gasteiger partial charge is 0.335 e. The van der Waals surface area contributed by atoms with Gasteiger partial charge in [-0.1, -0.05) is 12.1 Å². The Hall–Kier alpha value is -6.79. The Morgan fingerprint density at radius 2 is 0.633 bits per heavy atom. The quantitative estimate of drug-likeness (QED) is 0.0274. The number of benzene rings is 2. The molecule has 30 atom stereocenters. The van der Waals surface area contributed by atoms with E-state index in [1.54, 1.807) is 30.3 Å². The second-order valence-corrected chi connectivity index (χ2v) is 33.1. The van der Waals surface area contributed by atoms with E-state index < -0.39 is 242 Å². The van der Waals surface area contributed by atoms with Crippen LogP contribution in [0.2, 0.25) is 0 Å². The Morgan fingerprint density at radius 3 is 0.986 bits per heavy atom. The van der Waals surface area contributed by atoms with Gasteiger partial charge in [-0.25, -0.2) is 4.79 Å². The molecular weight excluding hydrogens is 1870 g/mol. The third kappa shape index (κ3) is 37.7. The van der Waals surface area contributed by atoms with Crippen molar-refractivity contribution in [3.8, 4) is 22.6 Å². The SMILES string of the molecule is CC(=O)NC1[C@H](OCCCNC(=O)CCOCCOCCOCCOCCCC(=O)COc2ccc(-c3cc(OCC(=O)CCCOCCOCCOCCOCCC(=O)NCCCO[C@@H]4OC(CO)[C@@H](O[C@@H]5OC(CO)[C@H](O)[C@H](O[C@H]6OC(CO)[C@H](O)[C@H](O)C6O)C5O)[C@H](O)C4NC(C)=O)cc(C(=O)O)c3)cc2)OC(CO)[C@@H](O[C@@H]2OC(CO)[C@H](O)[C@H](O[C@H]3OC(CO)[C@H](O)[C@H](O)C3O)C2O)[C@@H]1O. The lowest BCUT2D eigenvalue weighted by atomic mass is 9.95. The molecule has 6 heterocycles. The fourth-order valence-electron chi connectivity index (χ4n) is 15.1. The lowest BCUT2D eigenvalue weighted by Gasteiger charge is -2.48. The molecule has 52 nitrogen and oxygen atoms in total. The van der Waals surface area contributed by atoms with Crippen LogP contribution < -0.4 is 30.7 Å². The van der Waals surface area contributed by atoms with Crippen molar-refractivity contribution in [1.29, 1.82) is 0 Å². The predicted molar refractivity (Wildman–Crippen MR) is 463 cm³/mol. The fourth-order valence-corrected chi connectivity index (χ4v) is 15.1. The highest BCUT2D eigenvalue weighted by atomic mass is 16.8. The van der Waals surface area contributed by atoms with E-state index in [0.717, 1.165) is 13.8 Å². The number of aliphatic hydroxyl groups excluding tert-OH is 18. The second kappa shape index (κ2) is 62.8. The van der Waals surface area contributed by atoms with Crippen LogP contribution in [0.25, 0.3) is 11.1 Å². The van der Waals surface area contributed by atoms with E-state index in [1.807, 2.05) is 0 Å². The van der Waals surface area contributed by atoms with Crippen LogP contribution >= 0.6 is 0 Å². The Balaban J connectivity index is 0.575. The first-order valence-corrected chi connectivity index (χ1v) is 45.9. The van der Waals surface area contributed by atoms with E-state index in [-0.39, 0.29) is 212 Å². The minimum atomic E-state index is -1.99. The number of rotatable bonds is 66. The molecule has 139 heavy (non-hydrogen) atoms. The normalized spacial score (nSPS) is 31.5. The molecule has 2 aromatic rings. The van der Waals surface area contributed by atoms with Gasteiger partial charge in [0.25, 0.3) is 0 Å².